The van der Waals surface area contributed by atoms with E-state index in [0.29, 0.717) is 0 Å². The highest BCUT2D eigenvalue weighted by Gasteiger charge is 2.26. The van der Waals surface area contributed by atoms with E-state index in [2.05, 4.69) is 72.4 Å². The monoisotopic (exact) mass is 710 g/mol. The highest BCUT2D eigenvalue weighted by molar-refractivity contribution is 14.0. The molecule has 2 aromatic rings. The lowest BCUT2D eigenvalue weighted by atomic mass is 10.2. The molecule has 1 aliphatic heterocycles. The third-order valence-corrected chi connectivity index (χ3v) is 5.36. The maximum Gasteiger partial charge on any atom is 0.0720 e. The fourth-order valence-corrected chi connectivity index (χ4v) is 4.03. The molecule has 0 aliphatic carbocycles. The van der Waals surface area contributed by atoms with Crippen LogP contribution in [0.15, 0.2) is 58.3 Å². The number of hydrogen-bond acceptors (Lipinski definition) is 3. The second kappa shape index (κ2) is 13.8. The number of rotatable bonds is 7. The van der Waals surface area contributed by atoms with E-state index in [-0.39, 0.29) is 71.9 Å². The van der Waals surface area contributed by atoms with Crippen LogP contribution < -0.4 is 5.01 Å². The van der Waals surface area contributed by atoms with E-state index >= 15 is 0 Å². The van der Waals surface area contributed by atoms with Crippen molar-refractivity contribution >= 4 is 95.1 Å². The molecule has 2 aromatic carbocycles. The largest absolute Gasteiger partial charge is 0.272 e. The molecule has 0 aromatic heterocycles. The van der Waals surface area contributed by atoms with Crippen LogP contribution in [0.5, 0.6) is 0 Å². The Bertz CT molecular complexity index is 601. The Morgan fingerprint density at radius 1 is 0.731 bits per heavy atom. The van der Waals surface area contributed by atoms with Gasteiger partial charge in [0.2, 0.25) is 0 Å². The van der Waals surface area contributed by atoms with Crippen LogP contribution in [0.1, 0.15) is 39.5 Å². The maximum absolute atomic E-state index is 2.55. The fraction of sp³-hybridized carbons (Fsp3) is 0.400. The quantitative estimate of drug-likeness (QED) is 0.270. The van der Waals surface area contributed by atoms with E-state index < -0.39 is 0 Å². The molecule has 0 radical (unpaired) electrons. The van der Waals surface area contributed by atoms with Crippen molar-refractivity contribution in [1.82, 2.24) is 5.01 Å². The lowest BCUT2D eigenvalue weighted by Gasteiger charge is -2.41. The topological polar surface area (TPSA) is 6.48 Å². The molecule has 0 N–H and O–H groups in total. The van der Waals surface area contributed by atoms with Crippen LogP contribution in [-0.2, 0) is 0 Å². The lowest BCUT2D eigenvalue weighted by molar-refractivity contribution is 0.266. The number of fused-ring (bicyclic) bond motifs is 2. The molecule has 0 saturated carbocycles. The Hall–Kier alpha value is 0.740. The summed E-state index contributed by atoms with van der Waals surface area (Å²) < 4.78 is 0. The molecule has 1 heterocycles. The minimum Gasteiger partial charge on any atom is -0.272 e. The maximum atomic E-state index is 2.55. The summed E-state index contributed by atoms with van der Waals surface area (Å²) in [6, 6.07) is 17.6. The van der Waals surface area contributed by atoms with Crippen molar-refractivity contribution in [3.63, 3.8) is 0 Å². The molecule has 26 heavy (non-hydrogen) atoms. The van der Waals surface area contributed by atoms with Crippen LogP contribution in [0.25, 0.3) is 0 Å². The van der Waals surface area contributed by atoms with Crippen LogP contribution in [0, 0.1) is 0 Å². The lowest BCUT2D eigenvalue weighted by Crippen LogP contribution is -2.42. The summed E-state index contributed by atoms with van der Waals surface area (Å²) in [5.41, 5.74) is 2.65. The predicted molar refractivity (Wildman–Crippen MR) is 147 cm³/mol. The van der Waals surface area contributed by atoms with Crippen LogP contribution in [0.4, 0.5) is 11.4 Å². The van der Waals surface area contributed by atoms with Gasteiger partial charge in [-0.2, -0.15) is 0 Å². The standard InChI is InChI=1S/C20H26N2S.3HI/c1-3-5-15-21(16-6-4-2)22-17-11-7-9-13-19(17)23-20-14-10-8-12-18(20)22;;;/h7-14H,3-6,15-16H2,1-2H3;3*1H. The normalized spacial score (nSPS) is 11.6. The van der Waals surface area contributed by atoms with Gasteiger partial charge in [-0.15, -0.1) is 71.9 Å². The van der Waals surface area contributed by atoms with Gasteiger partial charge in [0.05, 0.1) is 11.4 Å². The zero-order valence-corrected chi connectivity index (χ0v) is 23.2. The molecule has 0 bridgehead atoms. The molecule has 1 aliphatic rings. The minimum absolute atomic E-state index is 0. The Balaban J connectivity index is 0.00000208. The van der Waals surface area contributed by atoms with Crippen molar-refractivity contribution in [2.24, 2.45) is 0 Å². The number of benzene rings is 2. The minimum atomic E-state index is 0. The number of halogens is 3. The Morgan fingerprint density at radius 3 is 1.58 bits per heavy atom. The molecule has 0 unspecified atom stereocenters. The molecule has 0 amide bonds. The Labute approximate surface area is 213 Å². The SMILES string of the molecule is CCCCN(CCCC)N1c2ccccc2Sc2ccccc21.I.I.I. The van der Waals surface area contributed by atoms with E-state index in [1.165, 1.54) is 46.8 Å². The van der Waals surface area contributed by atoms with Crippen LogP contribution >= 0.6 is 83.7 Å². The van der Waals surface area contributed by atoms with E-state index in [4.69, 9.17) is 0 Å². The van der Waals surface area contributed by atoms with Crippen LogP contribution in [0.2, 0.25) is 0 Å². The van der Waals surface area contributed by atoms with E-state index in [0.717, 1.165) is 13.1 Å². The third-order valence-electron chi connectivity index (χ3n) is 4.23. The molecule has 0 atom stereocenters. The molecule has 0 saturated heterocycles. The number of unbranched alkanes of at least 4 members (excludes halogenated alkanes) is 2. The van der Waals surface area contributed by atoms with Crippen molar-refractivity contribution in [2.75, 3.05) is 18.1 Å². The van der Waals surface area contributed by atoms with E-state index in [9.17, 15) is 0 Å². The van der Waals surface area contributed by atoms with Crippen molar-refractivity contribution in [2.45, 2.75) is 49.3 Å². The highest BCUT2D eigenvalue weighted by Crippen LogP contribution is 2.48. The van der Waals surface area contributed by atoms with Gasteiger partial charge in [-0.3, -0.25) is 5.01 Å². The molecule has 0 fully saturated rings. The zero-order chi connectivity index (χ0) is 16.1. The van der Waals surface area contributed by atoms with Gasteiger partial charge >= 0.3 is 0 Å². The number of anilines is 2. The second-order valence-corrected chi connectivity index (χ2v) is 7.09. The first-order chi connectivity index (χ1) is 11.3. The van der Waals surface area contributed by atoms with Gasteiger partial charge in [-0.25, -0.2) is 5.01 Å². The van der Waals surface area contributed by atoms with Crippen molar-refractivity contribution in [1.29, 1.82) is 0 Å². The second-order valence-electron chi connectivity index (χ2n) is 6.01. The summed E-state index contributed by atoms with van der Waals surface area (Å²) in [6.07, 6.45) is 4.93. The average molecular weight is 710 g/mol. The fourth-order valence-electron chi connectivity index (χ4n) is 2.98. The summed E-state index contributed by atoms with van der Waals surface area (Å²) in [7, 11) is 0. The van der Waals surface area contributed by atoms with Crippen molar-refractivity contribution in [3.8, 4) is 0 Å². The number of hydrazine groups is 1. The predicted octanol–water partition coefficient (Wildman–Crippen LogP) is 7.96. The van der Waals surface area contributed by atoms with Gasteiger partial charge < -0.3 is 0 Å². The summed E-state index contributed by atoms with van der Waals surface area (Å²) in [6.45, 7) is 6.77. The number of hydrogen-bond donors (Lipinski definition) is 0. The van der Waals surface area contributed by atoms with E-state index in [1.807, 2.05) is 11.8 Å². The van der Waals surface area contributed by atoms with Gasteiger partial charge in [0.1, 0.15) is 0 Å². The van der Waals surface area contributed by atoms with Crippen molar-refractivity contribution in [3.05, 3.63) is 48.5 Å². The first-order valence-electron chi connectivity index (χ1n) is 8.76. The smallest absolute Gasteiger partial charge is 0.0720 e. The van der Waals surface area contributed by atoms with Crippen molar-refractivity contribution < 1.29 is 0 Å². The van der Waals surface area contributed by atoms with E-state index in [1.54, 1.807) is 0 Å². The number of nitrogens with zero attached hydrogens (tertiary/aromatic N) is 2. The Kier molecular flexibility index (Phi) is 14.2. The third kappa shape index (κ3) is 6.38. The van der Waals surface area contributed by atoms with Gasteiger partial charge in [-0.05, 0) is 37.1 Å². The van der Waals surface area contributed by atoms with Crippen LogP contribution in [-0.4, -0.2) is 18.1 Å². The molecule has 3 rings (SSSR count). The summed E-state index contributed by atoms with van der Waals surface area (Å²) in [5.74, 6) is 0. The summed E-state index contributed by atoms with van der Waals surface area (Å²) in [4.78, 5) is 2.70. The molecular formula is C20H29I3N2S. The molecule has 2 nitrogen and oxygen atoms in total. The highest BCUT2D eigenvalue weighted by atomic mass is 127. The van der Waals surface area contributed by atoms with Gasteiger partial charge in [0, 0.05) is 22.9 Å². The average Bonchev–Trinajstić information content (AvgIpc) is 2.60. The molecule has 146 valence electrons. The molecule has 0 spiro atoms. The molecule has 6 heteroatoms. The van der Waals surface area contributed by atoms with Crippen LogP contribution in [0.3, 0.4) is 0 Å². The first kappa shape index (κ1) is 26.7. The summed E-state index contributed by atoms with van der Waals surface area (Å²) >= 11 is 1.88. The first-order valence-corrected chi connectivity index (χ1v) is 9.57. The summed E-state index contributed by atoms with van der Waals surface area (Å²) in [5, 5.41) is 5.01. The molecular weight excluding hydrogens is 681 g/mol. The van der Waals surface area contributed by atoms with Gasteiger partial charge in [0.25, 0.3) is 0 Å². The Morgan fingerprint density at radius 2 is 1.15 bits per heavy atom. The van der Waals surface area contributed by atoms with Gasteiger partial charge in [-0.1, -0.05) is 62.7 Å². The number of para-hydroxylation sites is 2. The van der Waals surface area contributed by atoms with Gasteiger partial charge in [0.15, 0.2) is 0 Å². The zero-order valence-electron chi connectivity index (χ0n) is 15.4.